The molecule has 2 aliphatic heterocycles. The van der Waals surface area contributed by atoms with Gasteiger partial charge >= 0.3 is 0 Å². The lowest BCUT2D eigenvalue weighted by Crippen LogP contribution is -2.44. The molecule has 1 saturated carbocycles. The standard InChI is InChI=1S/C20H25N5O2.C18H23N5O3.2CH4/c1-2-16(26)25-9-5-8-14(11-25)24-20-17-15(10-21-19(17)22-12-23-20)18(27)13-6-3-4-7-13;1-3-15(25)23-7-4-5-12(10-23)22-18-16-13(14(24)6-8-26-2)9-19-17(16)20-11-21-18;;/h2,10,12-14H,1,3-9,11H2,(H2,21,22,23,24);3,9,11-12H,1,4-8,10H2,2H3,(H2,19,20,21,22);2*1H4/t14-;12-;;/m11../s1. The second-order valence-electron chi connectivity index (χ2n) is 13.8. The molecule has 15 heteroatoms. The Morgan fingerprint density at radius 2 is 1.25 bits per heavy atom. The van der Waals surface area contributed by atoms with E-state index in [1.807, 2.05) is 0 Å². The van der Waals surface area contributed by atoms with Crippen LogP contribution in [0.2, 0.25) is 0 Å². The van der Waals surface area contributed by atoms with Crippen molar-refractivity contribution in [2.45, 2.75) is 84.7 Å². The number of amides is 2. The molecular formula is C40H56N10O5. The van der Waals surface area contributed by atoms with E-state index in [4.69, 9.17) is 4.74 Å². The van der Waals surface area contributed by atoms with Crippen molar-refractivity contribution in [2.24, 2.45) is 5.92 Å². The van der Waals surface area contributed by atoms with E-state index in [1.165, 1.54) is 24.8 Å². The first-order chi connectivity index (χ1) is 25.8. The van der Waals surface area contributed by atoms with Crippen molar-refractivity contribution in [3.8, 4) is 0 Å². The van der Waals surface area contributed by atoms with E-state index >= 15 is 0 Å². The van der Waals surface area contributed by atoms with Crippen molar-refractivity contribution in [3.63, 3.8) is 0 Å². The number of nitrogens with one attached hydrogen (secondary N) is 4. The Kier molecular flexibility index (Phi) is 15.2. The number of hydrogen-bond donors (Lipinski definition) is 4. The van der Waals surface area contributed by atoms with Crippen molar-refractivity contribution < 1.29 is 23.9 Å². The van der Waals surface area contributed by atoms with E-state index in [0.29, 0.717) is 65.6 Å². The monoisotopic (exact) mass is 756 g/mol. The molecule has 0 bridgehead atoms. The first-order valence-electron chi connectivity index (χ1n) is 18.4. The van der Waals surface area contributed by atoms with Gasteiger partial charge in [-0.1, -0.05) is 40.9 Å². The average Bonchev–Trinajstić information content (AvgIpc) is 3.98. The normalized spacial score (nSPS) is 18.3. The van der Waals surface area contributed by atoms with Crippen LogP contribution in [0.4, 0.5) is 11.6 Å². The summed E-state index contributed by atoms with van der Waals surface area (Å²) in [6.07, 6.45) is 17.2. The third kappa shape index (κ3) is 9.82. The third-order valence-corrected chi connectivity index (χ3v) is 10.3. The van der Waals surface area contributed by atoms with Crippen molar-refractivity contribution in [1.29, 1.82) is 0 Å². The van der Waals surface area contributed by atoms with Gasteiger partial charge in [0.15, 0.2) is 11.6 Å². The molecule has 2 atom stereocenters. The lowest BCUT2D eigenvalue weighted by molar-refractivity contribution is -0.127. The Balaban J connectivity index is 0.000000236. The number of anilines is 2. The largest absolute Gasteiger partial charge is 0.384 e. The van der Waals surface area contributed by atoms with Gasteiger partial charge in [0.1, 0.15) is 35.6 Å². The number of likely N-dealkylation sites (tertiary alicyclic amines) is 2. The maximum absolute atomic E-state index is 13.0. The molecule has 3 aliphatic rings. The van der Waals surface area contributed by atoms with E-state index in [0.717, 1.165) is 69.8 Å². The van der Waals surface area contributed by atoms with Crippen LogP contribution in [-0.4, -0.2) is 115 Å². The van der Waals surface area contributed by atoms with Crippen LogP contribution in [0.1, 0.15) is 93.4 Å². The molecule has 2 saturated heterocycles. The number of carbonyl (C=O) groups excluding carboxylic acids is 4. The highest BCUT2D eigenvalue weighted by Crippen LogP contribution is 2.33. The molecule has 0 radical (unpaired) electrons. The maximum atomic E-state index is 13.0. The van der Waals surface area contributed by atoms with Crippen LogP contribution in [0.25, 0.3) is 22.1 Å². The summed E-state index contributed by atoms with van der Waals surface area (Å²) >= 11 is 0. The Hall–Kier alpha value is -5.44. The highest BCUT2D eigenvalue weighted by atomic mass is 16.5. The molecule has 6 heterocycles. The molecule has 15 nitrogen and oxygen atoms in total. The van der Waals surface area contributed by atoms with Crippen LogP contribution in [0.15, 0.2) is 50.4 Å². The van der Waals surface area contributed by atoms with Crippen LogP contribution in [0.5, 0.6) is 0 Å². The molecule has 0 unspecified atom stereocenters. The number of piperidine rings is 2. The lowest BCUT2D eigenvalue weighted by Gasteiger charge is -2.32. The van der Waals surface area contributed by atoms with E-state index in [-0.39, 0.29) is 56.2 Å². The minimum absolute atomic E-state index is 0. The summed E-state index contributed by atoms with van der Waals surface area (Å²) in [7, 11) is 1.57. The predicted molar refractivity (Wildman–Crippen MR) is 215 cm³/mol. The number of aromatic amines is 2. The van der Waals surface area contributed by atoms with Crippen LogP contribution >= 0.6 is 0 Å². The molecule has 3 fully saturated rings. The Bertz CT molecular complexity index is 1970. The summed E-state index contributed by atoms with van der Waals surface area (Å²) in [6.45, 7) is 10.1. The van der Waals surface area contributed by atoms with Gasteiger partial charge in [-0.15, -0.1) is 0 Å². The van der Waals surface area contributed by atoms with Crippen LogP contribution in [0.3, 0.4) is 0 Å². The summed E-state index contributed by atoms with van der Waals surface area (Å²) in [5, 5.41) is 8.29. The quantitative estimate of drug-likeness (QED) is 0.0986. The third-order valence-electron chi connectivity index (χ3n) is 10.3. The van der Waals surface area contributed by atoms with Crippen molar-refractivity contribution >= 4 is 57.1 Å². The van der Waals surface area contributed by atoms with E-state index in [2.05, 4.69) is 53.7 Å². The molecule has 4 aromatic rings. The molecule has 0 aromatic carbocycles. The van der Waals surface area contributed by atoms with Gasteiger partial charge in [0.05, 0.1) is 17.4 Å². The number of rotatable bonds is 12. The van der Waals surface area contributed by atoms with Gasteiger partial charge < -0.3 is 35.1 Å². The molecule has 4 aromatic heterocycles. The Labute approximate surface area is 322 Å². The Morgan fingerprint density at radius 1 is 0.764 bits per heavy atom. The first-order valence-corrected chi connectivity index (χ1v) is 18.4. The topological polar surface area (TPSA) is 191 Å². The maximum Gasteiger partial charge on any atom is 0.246 e. The highest BCUT2D eigenvalue weighted by Gasteiger charge is 2.29. The van der Waals surface area contributed by atoms with E-state index in [9.17, 15) is 19.2 Å². The van der Waals surface area contributed by atoms with Gasteiger partial charge in [0, 0.05) is 81.2 Å². The number of carbonyl (C=O) groups is 4. The van der Waals surface area contributed by atoms with Crippen LogP contribution in [0, 0.1) is 5.92 Å². The van der Waals surface area contributed by atoms with Crippen molar-refractivity contribution in [3.05, 3.63) is 61.5 Å². The lowest BCUT2D eigenvalue weighted by atomic mass is 9.96. The molecule has 0 spiro atoms. The van der Waals surface area contributed by atoms with Gasteiger partial charge in [0.2, 0.25) is 11.8 Å². The van der Waals surface area contributed by atoms with Gasteiger partial charge in [-0.25, -0.2) is 19.9 Å². The van der Waals surface area contributed by atoms with Gasteiger partial charge in [-0.3, -0.25) is 19.2 Å². The fraction of sp³-hybridized carbons (Fsp3) is 0.500. The summed E-state index contributed by atoms with van der Waals surface area (Å²) in [5.74, 6) is 1.42. The van der Waals surface area contributed by atoms with E-state index < -0.39 is 0 Å². The zero-order valence-electron chi connectivity index (χ0n) is 30.2. The first kappa shape index (κ1) is 42.3. The summed E-state index contributed by atoms with van der Waals surface area (Å²) in [4.78, 5) is 76.2. The minimum atomic E-state index is -0.0681. The SMILES string of the molecule is C.C.C=CC(=O)N1CCC[C@@H](Nc2ncnc3[nH]cc(C(=O)C4CCCC4)c23)C1.C=CC(=O)N1CCC[C@@H](Nc2ncnc3[nH]cc(C(=O)CCOC)c23)C1. The zero-order chi connectivity index (χ0) is 37.3. The Morgan fingerprint density at radius 3 is 1.75 bits per heavy atom. The fourth-order valence-corrected chi connectivity index (χ4v) is 7.53. The molecular weight excluding hydrogens is 701 g/mol. The highest BCUT2D eigenvalue weighted by molar-refractivity contribution is 6.12. The molecule has 296 valence electrons. The molecule has 2 amide bonds. The van der Waals surface area contributed by atoms with Gasteiger partial charge in [-0.2, -0.15) is 0 Å². The second kappa shape index (κ2) is 19.8. The number of hydrogen-bond acceptors (Lipinski definition) is 11. The van der Waals surface area contributed by atoms with Crippen LogP contribution in [-0.2, 0) is 14.3 Å². The van der Waals surface area contributed by atoms with Gasteiger partial charge in [-0.05, 0) is 50.7 Å². The van der Waals surface area contributed by atoms with Crippen molar-refractivity contribution in [2.75, 3.05) is 50.5 Å². The smallest absolute Gasteiger partial charge is 0.246 e. The number of ketones is 2. The average molecular weight is 757 g/mol. The number of H-pyrrole nitrogens is 2. The minimum Gasteiger partial charge on any atom is -0.384 e. The van der Waals surface area contributed by atoms with Gasteiger partial charge in [0.25, 0.3) is 0 Å². The number of fused-ring (bicyclic) bond motifs is 2. The second-order valence-corrected chi connectivity index (χ2v) is 13.8. The van der Waals surface area contributed by atoms with Crippen molar-refractivity contribution in [1.82, 2.24) is 39.7 Å². The molecule has 7 rings (SSSR count). The zero-order valence-corrected chi connectivity index (χ0v) is 30.2. The molecule has 4 N–H and O–H groups in total. The summed E-state index contributed by atoms with van der Waals surface area (Å²) < 4.78 is 5.00. The number of methoxy groups -OCH3 is 1. The van der Waals surface area contributed by atoms with Crippen LogP contribution < -0.4 is 10.6 Å². The fourth-order valence-electron chi connectivity index (χ4n) is 7.53. The predicted octanol–water partition coefficient (Wildman–Crippen LogP) is 5.96. The number of ether oxygens (including phenoxy) is 1. The summed E-state index contributed by atoms with van der Waals surface area (Å²) in [6, 6.07) is 0.146. The summed E-state index contributed by atoms with van der Waals surface area (Å²) in [5.41, 5.74) is 2.51. The number of aromatic nitrogens is 6. The number of Topliss-reactive ketones (excluding diaryl/α,β-unsaturated/α-hetero) is 2. The molecule has 1 aliphatic carbocycles. The molecule has 55 heavy (non-hydrogen) atoms. The van der Waals surface area contributed by atoms with E-state index in [1.54, 1.807) is 29.3 Å². The number of nitrogens with zero attached hydrogens (tertiary/aromatic N) is 6.